The maximum Gasteiger partial charge on any atom is 0.429 e. The van der Waals surface area contributed by atoms with Gasteiger partial charge in [-0.05, 0) is 5.56 Å². The Kier molecular flexibility index (Phi) is 5.31. The van der Waals surface area contributed by atoms with E-state index in [0.29, 0.717) is 0 Å². The largest absolute Gasteiger partial charge is 0.429 e. The lowest BCUT2D eigenvalue weighted by Gasteiger charge is -2.38. The summed E-state index contributed by atoms with van der Waals surface area (Å²) in [5.74, 6) is 0. The van der Waals surface area contributed by atoms with Gasteiger partial charge in [-0.25, -0.2) is 4.79 Å². The number of rotatable bonds is 3. The predicted octanol–water partition coefficient (Wildman–Crippen LogP) is 3.91. The van der Waals surface area contributed by atoms with Gasteiger partial charge in [-0.3, -0.25) is 0 Å². The summed E-state index contributed by atoms with van der Waals surface area (Å²) in [7, 11) is 0. The van der Waals surface area contributed by atoms with Crippen LogP contribution in [0.3, 0.4) is 0 Å². The van der Waals surface area contributed by atoms with Gasteiger partial charge in [0.2, 0.25) is 0 Å². The monoisotopic (exact) mass is 368 g/mol. The zero-order chi connectivity index (χ0) is 18.8. The Hall–Kier alpha value is -2.14. The number of carbonyl (C=O) groups is 1. The number of hydrogen-bond donors (Lipinski definition) is 2. The first-order valence-corrected chi connectivity index (χ1v) is 6.02. The van der Waals surface area contributed by atoms with Crippen molar-refractivity contribution >= 4 is 6.03 Å². The van der Waals surface area contributed by atoms with Gasteiger partial charge in [-0.2, -0.15) is 39.5 Å². The molecule has 0 aliphatic heterocycles. The number of nitrogens with one attached hydrogen (secondary N) is 2. The van der Waals surface area contributed by atoms with E-state index in [4.69, 9.17) is 0 Å². The molecule has 0 unspecified atom stereocenters. The number of halogens is 9. The average Bonchev–Trinajstić information content (AvgIpc) is 2.39. The van der Waals surface area contributed by atoms with Crippen LogP contribution in [-0.2, 0) is 6.54 Å². The molecule has 12 heteroatoms. The van der Waals surface area contributed by atoms with Crippen molar-refractivity contribution in [1.29, 1.82) is 0 Å². The Morgan fingerprint density at radius 1 is 0.792 bits per heavy atom. The summed E-state index contributed by atoms with van der Waals surface area (Å²) in [6.07, 6.45) is -20.6. The molecule has 0 bridgehead atoms. The van der Waals surface area contributed by atoms with Gasteiger partial charge in [0.1, 0.15) is 0 Å². The van der Waals surface area contributed by atoms with Crippen LogP contribution in [0.1, 0.15) is 5.56 Å². The molecule has 1 rings (SSSR count). The van der Waals surface area contributed by atoms with Crippen LogP contribution in [0.25, 0.3) is 0 Å². The molecule has 1 aromatic carbocycles. The van der Waals surface area contributed by atoms with Crippen molar-refractivity contribution in [3.8, 4) is 0 Å². The van der Waals surface area contributed by atoms with Crippen LogP contribution in [0.4, 0.5) is 44.3 Å². The molecule has 136 valence electrons. The van der Waals surface area contributed by atoms with E-state index in [2.05, 4.69) is 0 Å². The molecule has 1 aromatic rings. The predicted molar refractivity (Wildman–Crippen MR) is 62.7 cm³/mol. The molecule has 0 fully saturated rings. The molecule has 0 radical (unpaired) electrons. The summed E-state index contributed by atoms with van der Waals surface area (Å²) in [5.41, 5.74) is -6.13. The zero-order valence-electron chi connectivity index (χ0n) is 11.4. The van der Waals surface area contributed by atoms with Crippen molar-refractivity contribution in [1.82, 2.24) is 10.6 Å². The molecule has 2 N–H and O–H groups in total. The molecule has 0 heterocycles. The first kappa shape index (κ1) is 19.9. The number of urea groups is 1. The van der Waals surface area contributed by atoms with Crippen LogP contribution < -0.4 is 10.6 Å². The van der Waals surface area contributed by atoms with Crippen molar-refractivity contribution in [2.24, 2.45) is 0 Å². The molecular formula is C12H9F9N2O. The minimum Gasteiger partial charge on any atom is -0.334 e. The van der Waals surface area contributed by atoms with Gasteiger partial charge in [0.05, 0.1) is 0 Å². The van der Waals surface area contributed by atoms with Crippen molar-refractivity contribution < 1.29 is 44.3 Å². The average molecular weight is 368 g/mol. The fourth-order valence-corrected chi connectivity index (χ4v) is 1.69. The molecule has 0 aliphatic carbocycles. The topological polar surface area (TPSA) is 41.1 Å². The molecule has 0 spiro atoms. The van der Waals surface area contributed by atoms with Gasteiger partial charge in [0, 0.05) is 6.54 Å². The first-order valence-electron chi connectivity index (χ1n) is 6.02. The van der Waals surface area contributed by atoms with Crippen molar-refractivity contribution in [3.05, 3.63) is 35.9 Å². The molecular weight excluding hydrogens is 359 g/mol. The van der Waals surface area contributed by atoms with Gasteiger partial charge in [0.25, 0.3) is 0 Å². The number of amides is 2. The van der Waals surface area contributed by atoms with Gasteiger partial charge in [-0.1, -0.05) is 30.3 Å². The minimum absolute atomic E-state index is 0.00442. The van der Waals surface area contributed by atoms with Crippen LogP contribution in [0, 0.1) is 0 Å². The highest BCUT2D eigenvalue weighted by molar-refractivity contribution is 5.75. The van der Waals surface area contributed by atoms with Crippen LogP contribution in [0.5, 0.6) is 0 Å². The highest BCUT2D eigenvalue weighted by Gasteiger charge is 2.84. The summed E-state index contributed by atoms with van der Waals surface area (Å²) in [6.45, 7) is -0.573. The molecule has 0 atom stereocenters. The van der Waals surface area contributed by atoms with Crippen molar-refractivity contribution in [3.63, 3.8) is 0 Å². The third-order valence-corrected chi connectivity index (χ3v) is 2.87. The second kappa shape index (κ2) is 6.40. The van der Waals surface area contributed by atoms with E-state index in [0.717, 1.165) is 0 Å². The lowest BCUT2D eigenvalue weighted by molar-refractivity contribution is -0.386. The number of hydrogen-bond acceptors (Lipinski definition) is 1. The summed E-state index contributed by atoms with van der Waals surface area (Å²) in [5, 5.41) is 1.52. The zero-order valence-corrected chi connectivity index (χ0v) is 11.4. The fraction of sp³-hybridized carbons (Fsp3) is 0.417. The highest BCUT2D eigenvalue weighted by Crippen LogP contribution is 2.52. The van der Waals surface area contributed by atoms with Gasteiger partial charge in [-0.15, -0.1) is 0 Å². The van der Waals surface area contributed by atoms with Gasteiger partial charge in [0.15, 0.2) is 0 Å². The van der Waals surface area contributed by atoms with Crippen molar-refractivity contribution in [2.45, 2.75) is 30.6 Å². The maximum atomic E-state index is 12.6. The Morgan fingerprint density at radius 3 is 1.58 bits per heavy atom. The van der Waals surface area contributed by atoms with E-state index in [1.807, 2.05) is 0 Å². The molecule has 24 heavy (non-hydrogen) atoms. The van der Waals surface area contributed by atoms with E-state index in [1.54, 1.807) is 0 Å². The van der Waals surface area contributed by atoms with E-state index >= 15 is 0 Å². The summed E-state index contributed by atoms with van der Waals surface area (Å²) >= 11 is 0. The number of alkyl halides is 9. The fourth-order valence-electron chi connectivity index (χ4n) is 1.69. The van der Waals surface area contributed by atoms with E-state index in [9.17, 15) is 44.3 Å². The second-order valence-corrected chi connectivity index (χ2v) is 4.54. The SMILES string of the molecule is O=C(NCc1ccccc1)NC(C(F)(F)F)(C(F)(F)F)C(F)(F)F. The number of benzene rings is 1. The van der Waals surface area contributed by atoms with Crippen molar-refractivity contribution in [2.75, 3.05) is 0 Å². The minimum atomic E-state index is -6.85. The lowest BCUT2D eigenvalue weighted by atomic mass is 9.97. The van der Waals surface area contributed by atoms with Gasteiger partial charge >= 0.3 is 30.1 Å². The number of carbonyl (C=O) groups excluding carboxylic acids is 1. The van der Waals surface area contributed by atoms with Crippen LogP contribution in [-0.4, -0.2) is 30.1 Å². The van der Waals surface area contributed by atoms with E-state index < -0.39 is 36.6 Å². The third-order valence-electron chi connectivity index (χ3n) is 2.87. The Morgan fingerprint density at radius 2 is 1.21 bits per heavy atom. The normalized spacial score (nSPS) is 13.5. The summed E-state index contributed by atoms with van der Waals surface area (Å²) in [6, 6.07) is 4.85. The Balaban J connectivity index is 3.07. The van der Waals surface area contributed by atoms with Crippen LogP contribution in [0.15, 0.2) is 30.3 Å². The van der Waals surface area contributed by atoms with Gasteiger partial charge < -0.3 is 10.6 Å². The quantitative estimate of drug-likeness (QED) is 0.781. The Labute approximate surface area is 128 Å². The smallest absolute Gasteiger partial charge is 0.334 e. The molecule has 0 aromatic heterocycles. The highest BCUT2D eigenvalue weighted by atomic mass is 19.4. The summed E-state index contributed by atoms with van der Waals surface area (Å²) < 4.78 is 113. The van der Waals surface area contributed by atoms with Crippen LogP contribution in [0.2, 0.25) is 0 Å². The molecule has 0 aliphatic rings. The standard InChI is InChI=1S/C12H9F9N2O/c13-10(14,15)9(11(16,17)18,12(19,20)21)23-8(24)22-6-7-4-2-1-3-5-7/h1-5H,6H2,(H2,22,23,24). The Bertz CT molecular complexity index is 527. The first-order chi connectivity index (χ1) is 10.7. The molecule has 0 saturated carbocycles. The molecule has 2 amide bonds. The molecule has 0 saturated heterocycles. The van der Waals surface area contributed by atoms with E-state index in [1.165, 1.54) is 35.6 Å². The molecule has 3 nitrogen and oxygen atoms in total. The third kappa shape index (κ3) is 3.85. The maximum absolute atomic E-state index is 12.6. The second-order valence-electron chi connectivity index (χ2n) is 4.54. The summed E-state index contributed by atoms with van der Waals surface area (Å²) in [4.78, 5) is 11.2. The lowest BCUT2D eigenvalue weighted by Crippen LogP contribution is -2.76. The van der Waals surface area contributed by atoms with E-state index in [-0.39, 0.29) is 10.9 Å². The van der Waals surface area contributed by atoms with Crippen LogP contribution >= 0.6 is 0 Å².